The van der Waals surface area contributed by atoms with Gasteiger partial charge in [0, 0.05) is 18.8 Å². The monoisotopic (exact) mass is 312 g/mol. The molecule has 0 saturated carbocycles. The number of pyridine rings is 1. The van der Waals surface area contributed by atoms with E-state index in [9.17, 15) is 4.79 Å². The number of hydrogen-bond donors (Lipinski definition) is 1. The van der Waals surface area contributed by atoms with Crippen LogP contribution in [0.4, 0.5) is 0 Å². The van der Waals surface area contributed by atoms with Gasteiger partial charge in [-0.2, -0.15) is 0 Å². The standard InChI is InChI=1S/C17H20N4O2/c1-21-8-4-12(5-9-21)10-16-19-7-3-14(20-16)15-11-13(17(22)23)2-6-18-15/h2-3,6-7,11-12H,4-5,8-10H2,1H3,(H,22,23). The van der Waals surface area contributed by atoms with E-state index in [1.807, 2.05) is 0 Å². The number of aromatic nitrogens is 3. The van der Waals surface area contributed by atoms with Gasteiger partial charge < -0.3 is 10.0 Å². The zero-order valence-electron chi connectivity index (χ0n) is 13.1. The van der Waals surface area contributed by atoms with Crippen LogP contribution in [-0.2, 0) is 6.42 Å². The molecule has 23 heavy (non-hydrogen) atoms. The average molecular weight is 312 g/mol. The Bertz CT molecular complexity index is 696. The number of carboxylic acids is 1. The van der Waals surface area contributed by atoms with E-state index in [4.69, 9.17) is 5.11 Å². The van der Waals surface area contributed by atoms with E-state index in [1.54, 1.807) is 18.3 Å². The average Bonchev–Trinajstić information content (AvgIpc) is 2.57. The highest BCUT2D eigenvalue weighted by Crippen LogP contribution is 2.21. The summed E-state index contributed by atoms with van der Waals surface area (Å²) in [6, 6.07) is 4.79. The summed E-state index contributed by atoms with van der Waals surface area (Å²) in [7, 11) is 2.15. The van der Waals surface area contributed by atoms with Crippen molar-refractivity contribution in [2.24, 2.45) is 5.92 Å². The van der Waals surface area contributed by atoms with Crippen LogP contribution in [0.15, 0.2) is 30.6 Å². The first-order chi connectivity index (χ1) is 11.1. The molecule has 2 aromatic heterocycles. The Hall–Kier alpha value is -2.34. The van der Waals surface area contributed by atoms with Gasteiger partial charge in [0.05, 0.1) is 17.0 Å². The summed E-state index contributed by atoms with van der Waals surface area (Å²) in [5.74, 6) is 0.452. The van der Waals surface area contributed by atoms with Gasteiger partial charge in [0.2, 0.25) is 0 Å². The summed E-state index contributed by atoms with van der Waals surface area (Å²) in [4.78, 5) is 26.6. The summed E-state index contributed by atoms with van der Waals surface area (Å²) in [5.41, 5.74) is 1.45. The number of carbonyl (C=O) groups is 1. The smallest absolute Gasteiger partial charge is 0.335 e. The molecule has 120 valence electrons. The van der Waals surface area contributed by atoms with Crippen LogP contribution in [0, 0.1) is 5.92 Å². The Morgan fingerprint density at radius 1 is 1.22 bits per heavy atom. The predicted molar refractivity (Wildman–Crippen MR) is 86.1 cm³/mol. The molecule has 0 aromatic carbocycles. The molecule has 0 aliphatic carbocycles. The number of rotatable bonds is 4. The summed E-state index contributed by atoms with van der Waals surface area (Å²) in [6.07, 6.45) is 6.41. The molecular weight excluding hydrogens is 292 g/mol. The maximum absolute atomic E-state index is 11.1. The van der Waals surface area contributed by atoms with Crippen LogP contribution >= 0.6 is 0 Å². The van der Waals surface area contributed by atoms with E-state index in [2.05, 4.69) is 26.9 Å². The summed E-state index contributed by atoms with van der Waals surface area (Å²) in [6.45, 7) is 2.24. The maximum atomic E-state index is 11.1. The van der Waals surface area contributed by atoms with Crippen molar-refractivity contribution in [1.82, 2.24) is 19.9 Å². The van der Waals surface area contributed by atoms with Crippen LogP contribution < -0.4 is 0 Å². The second kappa shape index (κ2) is 6.83. The second-order valence-corrected chi connectivity index (χ2v) is 6.04. The van der Waals surface area contributed by atoms with Gasteiger partial charge in [-0.3, -0.25) is 4.98 Å². The number of carboxylic acid groups (broad SMARTS) is 1. The molecule has 3 rings (SSSR count). The minimum atomic E-state index is -0.964. The van der Waals surface area contributed by atoms with Crippen LogP contribution in [0.25, 0.3) is 11.4 Å². The second-order valence-electron chi connectivity index (χ2n) is 6.04. The number of aromatic carboxylic acids is 1. The normalized spacial score (nSPS) is 16.4. The summed E-state index contributed by atoms with van der Waals surface area (Å²) < 4.78 is 0. The molecule has 0 radical (unpaired) electrons. The fourth-order valence-corrected chi connectivity index (χ4v) is 2.87. The van der Waals surface area contributed by atoms with Gasteiger partial charge >= 0.3 is 5.97 Å². The van der Waals surface area contributed by atoms with Gasteiger partial charge in [-0.1, -0.05) is 0 Å². The molecule has 1 aliphatic rings. The highest BCUT2D eigenvalue weighted by Gasteiger charge is 2.18. The Kier molecular flexibility index (Phi) is 4.62. The highest BCUT2D eigenvalue weighted by atomic mass is 16.4. The summed E-state index contributed by atoms with van der Waals surface area (Å²) >= 11 is 0. The van der Waals surface area contributed by atoms with Crippen molar-refractivity contribution in [3.8, 4) is 11.4 Å². The molecule has 6 heteroatoms. The van der Waals surface area contributed by atoms with E-state index in [0.717, 1.165) is 38.2 Å². The molecule has 6 nitrogen and oxygen atoms in total. The molecule has 0 amide bonds. The zero-order chi connectivity index (χ0) is 16.2. The van der Waals surface area contributed by atoms with Gasteiger partial charge in [-0.05, 0) is 57.1 Å². The van der Waals surface area contributed by atoms with Gasteiger partial charge in [0.25, 0.3) is 0 Å². The van der Waals surface area contributed by atoms with Gasteiger partial charge in [-0.25, -0.2) is 14.8 Å². The molecular formula is C17H20N4O2. The summed E-state index contributed by atoms with van der Waals surface area (Å²) in [5, 5.41) is 9.08. The molecule has 0 bridgehead atoms. The lowest BCUT2D eigenvalue weighted by molar-refractivity contribution is 0.0697. The lowest BCUT2D eigenvalue weighted by atomic mass is 9.93. The van der Waals surface area contributed by atoms with Gasteiger partial charge in [0.15, 0.2) is 0 Å². The third-order valence-electron chi connectivity index (χ3n) is 4.28. The Labute approximate surface area is 135 Å². The van der Waals surface area contributed by atoms with Crippen LogP contribution in [0.1, 0.15) is 29.0 Å². The van der Waals surface area contributed by atoms with E-state index >= 15 is 0 Å². The Morgan fingerprint density at radius 2 is 1.96 bits per heavy atom. The van der Waals surface area contributed by atoms with Crippen LogP contribution in [0.5, 0.6) is 0 Å². The van der Waals surface area contributed by atoms with Crippen molar-refractivity contribution in [3.63, 3.8) is 0 Å². The first kappa shape index (κ1) is 15.6. The maximum Gasteiger partial charge on any atom is 0.335 e. The molecule has 0 atom stereocenters. The number of likely N-dealkylation sites (tertiary alicyclic amines) is 1. The minimum absolute atomic E-state index is 0.213. The quantitative estimate of drug-likeness (QED) is 0.931. The van der Waals surface area contributed by atoms with Crippen molar-refractivity contribution in [2.75, 3.05) is 20.1 Å². The number of nitrogens with zero attached hydrogens (tertiary/aromatic N) is 4. The van der Waals surface area contributed by atoms with Crippen LogP contribution in [0.2, 0.25) is 0 Å². The minimum Gasteiger partial charge on any atom is -0.478 e. The molecule has 1 fully saturated rings. The SMILES string of the molecule is CN1CCC(Cc2nccc(-c3cc(C(=O)O)ccn3)n2)CC1. The van der Waals surface area contributed by atoms with Gasteiger partial charge in [-0.15, -0.1) is 0 Å². The first-order valence-electron chi connectivity index (χ1n) is 7.82. The first-order valence-corrected chi connectivity index (χ1v) is 7.82. The van der Waals surface area contributed by atoms with Crippen molar-refractivity contribution in [1.29, 1.82) is 0 Å². The van der Waals surface area contributed by atoms with Crippen molar-refractivity contribution >= 4 is 5.97 Å². The molecule has 1 N–H and O–H groups in total. The van der Waals surface area contributed by atoms with Crippen molar-refractivity contribution < 1.29 is 9.90 Å². The number of piperidine rings is 1. The molecule has 1 saturated heterocycles. The van der Waals surface area contributed by atoms with Crippen molar-refractivity contribution in [2.45, 2.75) is 19.3 Å². The van der Waals surface area contributed by atoms with Crippen LogP contribution in [0.3, 0.4) is 0 Å². The molecule has 0 unspecified atom stereocenters. The lowest BCUT2D eigenvalue weighted by Crippen LogP contribution is -2.31. The van der Waals surface area contributed by atoms with Gasteiger partial charge in [0.1, 0.15) is 5.82 Å². The molecule has 3 heterocycles. The largest absolute Gasteiger partial charge is 0.478 e. The Morgan fingerprint density at radius 3 is 2.70 bits per heavy atom. The van der Waals surface area contributed by atoms with E-state index < -0.39 is 5.97 Å². The fourth-order valence-electron chi connectivity index (χ4n) is 2.87. The Balaban J connectivity index is 1.77. The molecule has 1 aliphatic heterocycles. The van der Waals surface area contributed by atoms with E-state index in [-0.39, 0.29) is 5.56 Å². The fraction of sp³-hybridized carbons (Fsp3) is 0.412. The topological polar surface area (TPSA) is 79.2 Å². The third-order valence-corrected chi connectivity index (χ3v) is 4.28. The molecule has 2 aromatic rings. The zero-order valence-corrected chi connectivity index (χ0v) is 13.1. The van der Waals surface area contributed by atoms with E-state index in [0.29, 0.717) is 17.3 Å². The van der Waals surface area contributed by atoms with Crippen molar-refractivity contribution in [3.05, 3.63) is 42.0 Å². The highest BCUT2D eigenvalue weighted by molar-refractivity contribution is 5.88. The van der Waals surface area contributed by atoms with E-state index in [1.165, 1.54) is 12.3 Å². The lowest BCUT2D eigenvalue weighted by Gasteiger charge is -2.28. The number of hydrogen-bond acceptors (Lipinski definition) is 5. The third kappa shape index (κ3) is 3.90. The van der Waals surface area contributed by atoms with Crippen LogP contribution in [-0.4, -0.2) is 51.1 Å². The molecule has 0 spiro atoms. The predicted octanol–water partition coefficient (Wildman–Crippen LogP) is 2.12.